The number of carbonyl (C=O) groups is 1. The molecule has 0 aliphatic carbocycles. The van der Waals surface area contributed by atoms with Gasteiger partial charge in [-0.3, -0.25) is 4.79 Å². The van der Waals surface area contributed by atoms with Crippen LogP contribution in [0.15, 0.2) is 48.7 Å². The summed E-state index contributed by atoms with van der Waals surface area (Å²) in [7, 11) is 0. The summed E-state index contributed by atoms with van der Waals surface area (Å²) < 4.78 is 0.985. The van der Waals surface area contributed by atoms with Gasteiger partial charge in [-0.15, -0.1) is 11.3 Å². The highest BCUT2D eigenvalue weighted by Crippen LogP contribution is 2.41. The molecule has 2 aromatic heterocycles. The van der Waals surface area contributed by atoms with E-state index in [0.29, 0.717) is 5.02 Å². The van der Waals surface area contributed by atoms with Crippen LogP contribution < -0.4 is 4.90 Å². The number of hydrogen-bond acceptors (Lipinski definition) is 7. The fourth-order valence-electron chi connectivity index (χ4n) is 4.68. The second-order valence-electron chi connectivity index (χ2n) is 11.0. The number of nitrogens with zero attached hydrogens (tertiary/aromatic N) is 4. The maximum atomic E-state index is 11.7. The lowest BCUT2D eigenvalue weighted by Crippen LogP contribution is -2.46. The maximum Gasteiger partial charge on any atom is 0.307 e. The highest BCUT2D eigenvalue weighted by atomic mass is 35.5. The van der Waals surface area contributed by atoms with Crippen molar-refractivity contribution in [2.75, 3.05) is 37.6 Å². The van der Waals surface area contributed by atoms with Gasteiger partial charge in [0.1, 0.15) is 10.8 Å². The molecule has 9 heteroatoms. The number of aliphatic hydroxyl groups is 1. The van der Waals surface area contributed by atoms with Crippen molar-refractivity contribution in [1.29, 1.82) is 0 Å². The van der Waals surface area contributed by atoms with Gasteiger partial charge in [0.15, 0.2) is 0 Å². The summed E-state index contributed by atoms with van der Waals surface area (Å²) in [6, 6.07) is 13.7. The molecule has 1 aliphatic heterocycles. The number of likely N-dealkylation sites (N-methyl/N-ethyl adjacent to an activating group) is 1. The van der Waals surface area contributed by atoms with Gasteiger partial charge in [-0.05, 0) is 81.3 Å². The third kappa shape index (κ3) is 7.57. The zero-order valence-electron chi connectivity index (χ0n) is 23.7. The Balaban J connectivity index is 0.000000681. The topological polar surface area (TPSA) is 89.8 Å². The number of thiazole rings is 1. The molecule has 212 valence electrons. The van der Waals surface area contributed by atoms with Crippen LogP contribution in [0, 0.1) is 6.92 Å². The number of aromatic nitrogens is 2. The van der Waals surface area contributed by atoms with Crippen molar-refractivity contribution in [1.82, 2.24) is 14.9 Å². The van der Waals surface area contributed by atoms with E-state index in [-0.39, 0.29) is 6.42 Å². The van der Waals surface area contributed by atoms with Crippen LogP contribution in [0.2, 0.25) is 5.02 Å². The van der Waals surface area contributed by atoms with Gasteiger partial charge in [-0.2, -0.15) is 0 Å². The quantitative estimate of drug-likeness (QED) is 0.268. The smallest absolute Gasteiger partial charge is 0.307 e. The molecular formula is C31H37ClN4O3S. The van der Waals surface area contributed by atoms with Crippen molar-refractivity contribution >= 4 is 44.9 Å². The molecule has 0 amide bonds. The van der Waals surface area contributed by atoms with Crippen LogP contribution in [0.1, 0.15) is 38.8 Å². The maximum absolute atomic E-state index is 11.7. The van der Waals surface area contributed by atoms with E-state index in [1.54, 1.807) is 32.1 Å². The van der Waals surface area contributed by atoms with Crippen LogP contribution in [0.5, 0.6) is 0 Å². The third-order valence-corrected chi connectivity index (χ3v) is 8.00. The van der Waals surface area contributed by atoms with Gasteiger partial charge < -0.3 is 20.0 Å². The Bertz CT molecular complexity index is 1470. The van der Waals surface area contributed by atoms with Gasteiger partial charge in [-0.1, -0.05) is 30.7 Å². The van der Waals surface area contributed by atoms with Crippen LogP contribution >= 0.6 is 22.9 Å². The number of benzene rings is 2. The summed E-state index contributed by atoms with van der Waals surface area (Å²) >= 11 is 7.73. The zero-order chi connectivity index (χ0) is 29.0. The first-order valence-electron chi connectivity index (χ1n) is 13.5. The average Bonchev–Trinajstić information content (AvgIpc) is 3.32. The van der Waals surface area contributed by atoms with Gasteiger partial charge in [0, 0.05) is 48.5 Å². The molecule has 0 spiro atoms. The molecule has 0 bridgehead atoms. The first kappa shape index (κ1) is 29.9. The van der Waals surface area contributed by atoms with E-state index in [2.05, 4.69) is 27.8 Å². The first-order valence-corrected chi connectivity index (χ1v) is 14.7. The van der Waals surface area contributed by atoms with E-state index in [1.807, 2.05) is 49.5 Å². The van der Waals surface area contributed by atoms with Crippen molar-refractivity contribution in [2.45, 2.75) is 46.6 Å². The van der Waals surface area contributed by atoms with Gasteiger partial charge in [-0.25, -0.2) is 9.97 Å². The normalized spacial score (nSPS) is 14.2. The zero-order valence-corrected chi connectivity index (χ0v) is 25.3. The third-order valence-electron chi connectivity index (χ3n) is 6.61. The minimum atomic E-state index is -0.852. The molecular weight excluding hydrogens is 544 g/mol. The lowest BCUT2D eigenvalue weighted by Gasteiger charge is -2.34. The minimum absolute atomic E-state index is 0.0455. The molecule has 5 rings (SSSR count). The van der Waals surface area contributed by atoms with Crippen molar-refractivity contribution in [3.05, 3.63) is 64.8 Å². The Morgan fingerprint density at radius 2 is 1.70 bits per heavy atom. The second kappa shape index (κ2) is 12.6. The lowest BCUT2D eigenvalue weighted by atomic mass is 9.93. The Morgan fingerprint density at radius 1 is 1.05 bits per heavy atom. The number of rotatable bonds is 6. The molecule has 1 saturated heterocycles. The molecule has 0 unspecified atom stereocenters. The van der Waals surface area contributed by atoms with Gasteiger partial charge in [0.2, 0.25) is 0 Å². The molecule has 1 fully saturated rings. The molecule has 0 radical (unpaired) electrons. The Hall–Kier alpha value is -3.04. The van der Waals surface area contributed by atoms with Crippen LogP contribution in [-0.4, -0.2) is 69.4 Å². The van der Waals surface area contributed by atoms with Gasteiger partial charge in [0.25, 0.3) is 0 Å². The van der Waals surface area contributed by atoms with Crippen LogP contribution in [0.4, 0.5) is 5.82 Å². The molecule has 7 nitrogen and oxygen atoms in total. The van der Waals surface area contributed by atoms with Crippen LogP contribution in [-0.2, 0) is 11.2 Å². The van der Waals surface area contributed by atoms with Crippen LogP contribution in [0.25, 0.3) is 31.9 Å². The molecule has 4 aromatic rings. The van der Waals surface area contributed by atoms with E-state index >= 15 is 0 Å². The lowest BCUT2D eigenvalue weighted by molar-refractivity contribution is -0.136. The van der Waals surface area contributed by atoms with E-state index in [0.717, 1.165) is 81.6 Å². The molecule has 1 aliphatic rings. The molecule has 40 heavy (non-hydrogen) atoms. The number of fused-ring (bicyclic) bond motifs is 1. The molecule has 2 N–H and O–H groups in total. The molecule has 2 aromatic carbocycles. The SMILES string of the molecule is CC(C)(C)O.CCN1CCN(c2cc(-c3nc4cc(C)c(CC(=O)O)c(-c5ccc(Cl)cc5)c4s3)ccn2)CC1. The van der Waals surface area contributed by atoms with Crippen LogP contribution in [0.3, 0.4) is 0 Å². The summed E-state index contributed by atoms with van der Waals surface area (Å²) in [5.41, 5.74) is 4.99. The Kier molecular flexibility index (Phi) is 9.46. The number of pyridine rings is 1. The predicted octanol–water partition coefficient (Wildman–Crippen LogP) is 6.53. The van der Waals surface area contributed by atoms with E-state index in [4.69, 9.17) is 21.7 Å². The number of carboxylic acid groups (broad SMARTS) is 1. The van der Waals surface area contributed by atoms with Crippen molar-refractivity contribution < 1.29 is 15.0 Å². The first-order chi connectivity index (χ1) is 18.9. The van der Waals surface area contributed by atoms with Crippen molar-refractivity contribution in [3.63, 3.8) is 0 Å². The van der Waals surface area contributed by atoms with E-state index in [9.17, 15) is 9.90 Å². The van der Waals surface area contributed by atoms with Gasteiger partial charge >= 0.3 is 5.97 Å². The summed E-state index contributed by atoms with van der Waals surface area (Å²) in [4.78, 5) is 26.1. The van der Waals surface area contributed by atoms with Gasteiger partial charge in [0.05, 0.1) is 22.2 Å². The summed E-state index contributed by atoms with van der Waals surface area (Å²) in [6.45, 7) is 14.5. The number of aryl methyl sites for hydroxylation is 1. The standard InChI is InChI=1S/C27H27ClN4O2S.C4H10O/c1-3-31-10-12-32(13-11-31)23-15-19(8-9-29-23)27-30-22-14-17(2)21(16-24(33)34)25(26(22)35-27)18-4-6-20(28)7-5-18;1-4(2,3)5/h4-9,14-15H,3,10-13,16H2,1-2H3,(H,33,34);5H,1-3H3. The highest BCUT2D eigenvalue weighted by molar-refractivity contribution is 7.22. The second-order valence-corrected chi connectivity index (χ2v) is 12.4. The monoisotopic (exact) mass is 580 g/mol. The van der Waals surface area contributed by atoms with E-state index in [1.165, 1.54) is 0 Å². The molecule has 0 saturated carbocycles. The van der Waals surface area contributed by atoms with E-state index < -0.39 is 11.6 Å². The highest BCUT2D eigenvalue weighted by Gasteiger charge is 2.21. The van der Waals surface area contributed by atoms with Crippen molar-refractivity contribution in [3.8, 4) is 21.7 Å². The molecule has 0 atom stereocenters. The average molecular weight is 581 g/mol. The van der Waals surface area contributed by atoms with Crippen molar-refractivity contribution in [2.24, 2.45) is 0 Å². The number of piperazine rings is 1. The number of hydrogen-bond donors (Lipinski definition) is 2. The fraction of sp³-hybridized carbons (Fsp3) is 0.387. The number of aliphatic carboxylic acids is 1. The minimum Gasteiger partial charge on any atom is -0.481 e. The molecule has 3 heterocycles. The predicted molar refractivity (Wildman–Crippen MR) is 166 cm³/mol. The number of carboxylic acids is 1. The summed E-state index contributed by atoms with van der Waals surface area (Å²) in [6.07, 6.45) is 1.81. The number of halogens is 1. The number of anilines is 1. The Labute approximate surface area is 245 Å². The fourth-order valence-corrected chi connectivity index (χ4v) is 5.94. The summed E-state index contributed by atoms with van der Waals surface area (Å²) in [5.74, 6) is 0.118. The summed E-state index contributed by atoms with van der Waals surface area (Å²) in [5, 5.41) is 19.7. The Morgan fingerprint density at radius 3 is 2.30 bits per heavy atom. The largest absolute Gasteiger partial charge is 0.481 e.